The Balaban J connectivity index is 1.56. The summed E-state index contributed by atoms with van der Waals surface area (Å²) in [6, 6.07) is 8.88. The molecule has 1 aliphatic carbocycles. The van der Waals surface area contributed by atoms with Crippen molar-refractivity contribution >= 4 is 0 Å². The molecule has 2 aromatic rings. The van der Waals surface area contributed by atoms with Crippen molar-refractivity contribution in [3.05, 3.63) is 47.2 Å². The van der Waals surface area contributed by atoms with E-state index in [2.05, 4.69) is 53.2 Å². The van der Waals surface area contributed by atoms with E-state index >= 15 is 0 Å². The van der Waals surface area contributed by atoms with E-state index in [0.29, 0.717) is 18.4 Å². The molecule has 5 nitrogen and oxygen atoms in total. The second-order valence-corrected chi connectivity index (χ2v) is 7.17. The van der Waals surface area contributed by atoms with E-state index < -0.39 is 0 Å². The summed E-state index contributed by atoms with van der Waals surface area (Å²) in [5.41, 5.74) is 2.94. The lowest BCUT2D eigenvalue weighted by Crippen LogP contribution is -2.39. The fourth-order valence-electron chi connectivity index (χ4n) is 3.36. The van der Waals surface area contributed by atoms with Gasteiger partial charge in [0, 0.05) is 19.0 Å². The van der Waals surface area contributed by atoms with E-state index in [-0.39, 0.29) is 12.0 Å². The minimum atomic E-state index is 0.0472. The van der Waals surface area contributed by atoms with Crippen LogP contribution in [0.4, 0.5) is 0 Å². The Morgan fingerprint density at radius 3 is 2.79 bits per heavy atom. The fraction of sp³-hybridized carbons (Fsp3) is 0.579. The molecule has 1 atom stereocenters. The highest BCUT2D eigenvalue weighted by atomic mass is 16.5. The zero-order chi connectivity index (χ0) is 16.5. The molecule has 24 heavy (non-hydrogen) atoms. The molecule has 4 rings (SSSR count). The van der Waals surface area contributed by atoms with Crippen molar-refractivity contribution in [3.63, 3.8) is 0 Å². The standard InChI is InChI=1S/C19H25N3O2/c1-13(2)18-20-21-19(24-18)17-12-23-10-9-22(17)11-15-5-3-4-6-16(15)14-7-8-14/h3-6,13-14,17H,7-12H2,1-2H3. The van der Waals surface area contributed by atoms with Crippen LogP contribution in [-0.2, 0) is 11.3 Å². The summed E-state index contributed by atoms with van der Waals surface area (Å²) in [5, 5.41) is 8.47. The third kappa shape index (κ3) is 3.23. The fourth-order valence-corrected chi connectivity index (χ4v) is 3.36. The number of rotatable bonds is 5. The maximum atomic E-state index is 5.90. The van der Waals surface area contributed by atoms with Crippen LogP contribution in [0.3, 0.4) is 0 Å². The van der Waals surface area contributed by atoms with Gasteiger partial charge in [0.2, 0.25) is 11.8 Å². The highest BCUT2D eigenvalue weighted by Crippen LogP contribution is 2.42. The SMILES string of the molecule is CC(C)c1nnc(C2COCCN2Cc2ccccc2C2CC2)o1. The van der Waals surface area contributed by atoms with Crippen molar-refractivity contribution in [2.24, 2.45) is 0 Å². The van der Waals surface area contributed by atoms with Crippen molar-refractivity contribution in [2.75, 3.05) is 19.8 Å². The van der Waals surface area contributed by atoms with Gasteiger partial charge in [-0.25, -0.2) is 0 Å². The Morgan fingerprint density at radius 2 is 2.04 bits per heavy atom. The van der Waals surface area contributed by atoms with Crippen LogP contribution in [0, 0.1) is 0 Å². The molecular weight excluding hydrogens is 302 g/mol. The summed E-state index contributed by atoms with van der Waals surface area (Å²) in [4.78, 5) is 2.42. The first kappa shape index (κ1) is 15.8. The predicted octanol–water partition coefficient (Wildman–Crippen LogP) is 3.64. The maximum absolute atomic E-state index is 5.90. The third-order valence-corrected chi connectivity index (χ3v) is 4.92. The van der Waals surface area contributed by atoms with Crippen LogP contribution in [0.1, 0.15) is 67.5 Å². The molecule has 1 saturated carbocycles. The quantitative estimate of drug-likeness (QED) is 0.839. The molecule has 0 N–H and O–H groups in total. The van der Waals surface area contributed by atoms with Gasteiger partial charge < -0.3 is 9.15 Å². The second kappa shape index (κ2) is 6.65. The molecule has 1 saturated heterocycles. The first-order valence-corrected chi connectivity index (χ1v) is 8.95. The summed E-state index contributed by atoms with van der Waals surface area (Å²) >= 11 is 0. The topological polar surface area (TPSA) is 51.4 Å². The van der Waals surface area contributed by atoms with E-state index in [1.807, 2.05) is 0 Å². The predicted molar refractivity (Wildman–Crippen MR) is 90.8 cm³/mol. The zero-order valence-corrected chi connectivity index (χ0v) is 14.4. The summed E-state index contributed by atoms with van der Waals surface area (Å²) in [6.07, 6.45) is 2.65. The second-order valence-electron chi connectivity index (χ2n) is 7.17. The smallest absolute Gasteiger partial charge is 0.236 e. The molecule has 0 radical (unpaired) electrons. The van der Waals surface area contributed by atoms with Crippen LogP contribution in [0.25, 0.3) is 0 Å². The number of hydrogen-bond acceptors (Lipinski definition) is 5. The molecule has 0 amide bonds. The van der Waals surface area contributed by atoms with Gasteiger partial charge in [-0.3, -0.25) is 4.90 Å². The number of hydrogen-bond donors (Lipinski definition) is 0. The molecule has 0 spiro atoms. The Hall–Kier alpha value is -1.72. The molecule has 1 aromatic carbocycles. The minimum Gasteiger partial charge on any atom is -0.423 e. The van der Waals surface area contributed by atoms with Gasteiger partial charge >= 0.3 is 0 Å². The van der Waals surface area contributed by atoms with Gasteiger partial charge in [-0.2, -0.15) is 0 Å². The maximum Gasteiger partial charge on any atom is 0.236 e. The van der Waals surface area contributed by atoms with Gasteiger partial charge in [-0.1, -0.05) is 38.1 Å². The van der Waals surface area contributed by atoms with Gasteiger partial charge in [0.25, 0.3) is 0 Å². The first-order valence-electron chi connectivity index (χ1n) is 8.95. The molecule has 128 valence electrons. The summed E-state index contributed by atoms with van der Waals surface area (Å²) in [6.45, 7) is 7.32. The van der Waals surface area contributed by atoms with Gasteiger partial charge in [0.1, 0.15) is 6.04 Å². The van der Waals surface area contributed by atoms with Crippen molar-refractivity contribution in [3.8, 4) is 0 Å². The van der Waals surface area contributed by atoms with Crippen molar-refractivity contribution in [2.45, 2.75) is 51.1 Å². The Bertz CT molecular complexity index is 693. The Kier molecular flexibility index (Phi) is 4.37. The minimum absolute atomic E-state index is 0.0472. The normalized spacial score (nSPS) is 22.2. The number of ether oxygens (including phenoxy) is 1. The summed E-state index contributed by atoms with van der Waals surface area (Å²) < 4.78 is 11.6. The molecule has 1 unspecified atom stereocenters. The Labute approximate surface area is 143 Å². The largest absolute Gasteiger partial charge is 0.423 e. The van der Waals surface area contributed by atoms with Gasteiger partial charge in [-0.15, -0.1) is 10.2 Å². The van der Waals surface area contributed by atoms with E-state index in [9.17, 15) is 0 Å². The molecule has 5 heteroatoms. The molecular formula is C19H25N3O2. The molecule has 2 fully saturated rings. The highest BCUT2D eigenvalue weighted by molar-refractivity contribution is 5.33. The van der Waals surface area contributed by atoms with Gasteiger partial charge in [0.15, 0.2) is 0 Å². The van der Waals surface area contributed by atoms with Crippen LogP contribution in [-0.4, -0.2) is 34.9 Å². The van der Waals surface area contributed by atoms with E-state index in [4.69, 9.17) is 9.15 Å². The average Bonchev–Trinajstić information content (AvgIpc) is 3.32. The lowest BCUT2D eigenvalue weighted by atomic mass is 10.0. The molecule has 2 heterocycles. The number of benzene rings is 1. The van der Waals surface area contributed by atoms with Crippen LogP contribution in [0.15, 0.2) is 28.7 Å². The van der Waals surface area contributed by atoms with Crippen molar-refractivity contribution in [1.82, 2.24) is 15.1 Å². The number of aromatic nitrogens is 2. The molecule has 1 aromatic heterocycles. The number of nitrogens with zero attached hydrogens (tertiary/aromatic N) is 3. The van der Waals surface area contributed by atoms with Gasteiger partial charge in [0.05, 0.1) is 13.2 Å². The monoisotopic (exact) mass is 327 g/mol. The van der Waals surface area contributed by atoms with Crippen LogP contribution < -0.4 is 0 Å². The molecule has 0 bridgehead atoms. The lowest BCUT2D eigenvalue weighted by molar-refractivity contribution is -0.0228. The van der Waals surface area contributed by atoms with Crippen LogP contribution >= 0.6 is 0 Å². The molecule has 1 aliphatic heterocycles. The summed E-state index contributed by atoms with van der Waals surface area (Å²) in [5.74, 6) is 2.40. The average molecular weight is 327 g/mol. The van der Waals surface area contributed by atoms with E-state index in [1.54, 1.807) is 0 Å². The third-order valence-electron chi connectivity index (χ3n) is 4.92. The van der Waals surface area contributed by atoms with E-state index in [1.165, 1.54) is 24.0 Å². The van der Waals surface area contributed by atoms with Crippen molar-refractivity contribution in [1.29, 1.82) is 0 Å². The van der Waals surface area contributed by atoms with Crippen LogP contribution in [0.2, 0.25) is 0 Å². The zero-order valence-electron chi connectivity index (χ0n) is 14.4. The van der Waals surface area contributed by atoms with Crippen molar-refractivity contribution < 1.29 is 9.15 Å². The highest BCUT2D eigenvalue weighted by Gasteiger charge is 2.32. The summed E-state index contributed by atoms with van der Waals surface area (Å²) in [7, 11) is 0. The first-order chi connectivity index (χ1) is 11.7. The number of morpholine rings is 1. The van der Waals surface area contributed by atoms with Gasteiger partial charge in [-0.05, 0) is 29.9 Å². The Morgan fingerprint density at radius 1 is 1.21 bits per heavy atom. The lowest BCUT2D eigenvalue weighted by Gasteiger charge is -2.33. The van der Waals surface area contributed by atoms with Crippen LogP contribution in [0.5, 0.6) is 0 Å². The molecule has 2 aliphatic rings. The van der Waals surface area contributed by atoms with E-state index in [0.717, 1.165) is 25.6 Å².